The fourth-order valence-electron chi connectivity index (χ4n) is 6.27. The van der Waals surface area contributed by atoms with Gasteiger partial charge < -0.3 is 8.83 Å². The number of rotatable bonds is 5. The van der Waals surface area contributed by atoms with E-state index in [4.69, 9.17) is 16.6 Å². The molecule has 1 unspecified atom stereocenters. The molecule has 9 aromatic rings. The molecular formula is C46H40BN5O2P2. The third-order valence-corrected chi connectivity index (χ3v) is 9.13. The van der Waals surface area contributed by atoms with E-state index in [2.05, 4.69) is 122 Å². The van der Waals surface area contributed by atoms with Gasteiger partial charge in [0.05, 0.1) is 7.57 Å². The van der Waals surface area contributed by atoms with Crippen molar-refractivity contribution in [1.82, 2.24) is 20.4 Å². The van der Waals surface area contributed by atoms with E-state index in [1.54, 1.807) is 0 Å². The average Bonchev–Trinajstić information content (AvgIpc) is 3.96. The summed E-state index contributed by atoms with van der Waals surface area (Å²) in [6, 6.07) is 55.4. The molecule has 0 saturated heterocycles. The number of hydrogen-bond donors (Lipinski definition) is 1. The van der Waals surface area contributed by atoms with Crippen LogP contribution in [-0.4, -0.2) is 30.5 Å². The van der Waals surface area contributed by atoms with Crippen molar-refractivity contribution in [3.05, 3.63) is 169 Å². The topological polar surface area (TPSA) is 102 Å². The normalized spacial score (nSPS) is 11.5. The van der Waals surface area contributed by atoms with Crippen LogP contribution in [0, 0.1) is 5.16 Å². The molecule has 2 radical (unpaired) electrons. The highest BCUT2D eigenvalue weighted by atomic mass is 31.0. The minimum Gasteiger partial charge on any atom is -0.416 e. The van der Waals surface area contributed by atoms with E-state index >= 15 is 0 Å². The summed E-state index contributed by atoms with van der Waals surface area (Å²) in [5.74, 6) is 2.15. The molecule has 9 rings (SSSR count). The Morgan fingerprint density at radius 2 is 0.875 bits per heavy atom. The zero-order chi connectivity index (χ0) is 40.9. The molecule has 0 fully saturated rings. The molecule has 0 aliphatic rings. The molecular weight excluding hydrogens is 727 g/mol. The summed E-state index contributed by atoms with van der Waals surface area (Å²) in [6.07, 6.45) is 0. The summed E-state index contributed by atoms with van der Waals surface area (Å²) in [4.78, 5) is 0. The molecule has 0 saturated carbocycles. The first-order chi connectivity index (χ1) is 28.2. The molecule has 1 N–H and O–H groups in total. The summed E-state index contributed by atoms with van der Waals surface area (Å²) in [5, 5.41) is 27.4. The minimum absolute atomic E-state index is 0.0833. The summed E-state index contributed by atoms with van der Waals surface area (Å²) in [6.45, 7) is 6.60. The number of hydrogen-bond acceptors (Lipinski definition) is 7. The van der Waals surface area contributed by atoms with Crippen LogP contribution in [0.15, 0.2) is 173 Å². The molecule has 274 valence electrons. The average molecular weight is 770 g/mol. The highest BCUT2D eigenvalue weighted by molar-refractivity contribution is 7.49. The standard InChI is InChI=1S/C24H22N2O.C22H14N2O.BH2P.H2NP/c1-24(2,3)21-15-13-20(14-16-21)23-26-25-22(27-23)19-11-9-18(10-12-19)17-7-5-4-6-8-17;1-3-11-17-15(7-1)9-5-13-19(17)21-23-24-22(25-21)20-14-6-10-16-8-2-4-12-18(16)20;2*1-2/h4-16H,1-3H3;1-14H;2H2;1-2H/i;;2*2D. The Balaban J connectivity index is 0.000000173. The molecule has 2 heterocycles. The van der Waals surface area contributed by atoms with E-state index < -0.39 is 0 Å². The Kier molecular flexibility index (Phi) is 12.2. The molecule has 0 aliphatic carbocycles. The van der Waals surface area contributed by atoms with E-state index in [0.29, 0.717) is 23.6 Å². The molecule has 56 heavy (non-hydrogen) atoms. The van der Waals surface area contributed by atoms with Crippen molar-refractivity contribution >= 4 is 47.2 Å². The molecule has 2 aromatic heterocycles. The Morgan fingerprint density at radius 3 is 1.36 bits per heavy atom. The van der Waals surface area contributed by atoms with Gasteiger partial charge in [0.1, 0.15) is 1.28 Å². The van der Waals surface area contributed by atoms with Crippen molar-refractivity contribution < 1.29 is 8.83 Å². The number of benzene rings is 7. The highest BCUT2D eigenvalue weighted by Gasteiger charge is 2.16. The van der Waals surface area contributed by atoms with Crippen LogP contribution >= 0.6 is 18.0 Å². The van der Waals surface area contributed by atoms with Gasteiger partial charge in [0.2, 0.25) is 23.6 Å². The SMILES string of the molecule is CC(C)(C)c1ccc(-c2nnc(-c3ccc(-c4ccccc4)cc3)o2)cc1.[2H]P=N.[2H]P[B].c1ccc2c(-c3nnc(-c4cccc5ccccc45)o3)cccc2c1. The van der Waals surface area contributed by atoms with Gasteiger partial charge >= 0.3 is 0 Å². The van der Waals surface area contributed by atoms with Crippen LogP contribution in [0.2, 0.25) is 0 Å². The molecule has 10 heteroatoms. The van der Waals surface area contributed by atoms with Gasteiger partial charge in [-0.15, -0.1) is 20.4 Å². The molecule has 0 amide bonds. The first-order valence-corrected chi connectivity index (χ1v) is 18.8. The Hall–Kier alpha value is -6.07. The lowest BCUT2D eigenvalue weighted by molar-refractivity contribution is 0.582. The Morgan fingerprint density at radius 1 is 0.518 bits per heavy atom. The zero-order valence-electron chi connectivity index (χ0n) is 33.2. The van der Waals surface area contributed by atoms with Gasteiger partial charge in [0.25, 0.3) is 0 Å². The first kappa shape index (κ1) is 36.9. The van der Waals surface area contributed by atoms with Crippen LogP contribution in [0.25, 0.3) is 78.5 Å². The van der Waals surface area contributed by atoms with Crippen molar-refractivity contribution in [3.63, 3.8) is 0 Å². The lowest BCUT2D eigenvalue weighted by atomic mass is 9.87. The zero-order valence-corrected chi connectivity index (χ0v) is 33.1. The number of nitrogens with zero attached hydrogens (tertiary/aromatic N) is 4. The van der Waals surface area contributed by atoms with Crippen molar-refractivity contribution in [2.75, 3.05) is 0 Å². The highest BCUT2D eigenvalue weighted by Crippen LogP contribution is 2.33. The fraction of sp³-hybridized carbons (Fsp3) is 0.0870. The second-order valence-electron chi connectivity index (χ2n) is 13.6. The number of nitrogens with one attached hydrogen (secondary N) is 1. The molecule has 0 aliphatic heterocycles. The van der Waals surface area contributed by atoms with Crippen LogP contribution in [0.5, 0.6) is 0 Å². The predicted octanol–water partition coefficient (Wildman–Crippen LogP) is 12.9. The van der Waals surface area contributed by atoms with Crippen LogP contribution < -0.4 is 0 Å². The quantitative estimate of drug-likeness (QED) is 0.138. The summed E-state index contributed by atoms with van der Waals surface area (Å²) < 4.78 is 23.8. The van der Waals surface area contributed by atoms with Crippen molar-refractivity contribution in [3.8, 4) is 56.9 Å². The third kappa shape index (κ3) is 9.06. The minimum atomic E-state index is -0.167. The molecule has 0 spiro atoms. The molecule has 7 nitrogen and oxygen atoms in total. The lowest BCUT2D eigenvalue weighted by Crippen LogP contribution is -2.10. The summed E-state index contributed by atoms with van der Waals surface area (Å²) in [5.41, 5.74) is 7.52. The fourth-order valence-corrected chi connectivity index (χ4v) is 6.27. The van der Waals surface area contributed by atoms with Crippen LogP contribution in [0.1, 0.15) is 26.3 Å². The maximum atomic E-state index is 6.05. The second-order valence-corrected chi connectivity index (χ2v) is 13.6. The van der Waals surface area contributed by atoms with Gasteiger partial charge in [0, 0.05) is 23.5 Å². The monoisotopic (exact) mass is 769 g/mol. The van der Waals surface area contributed by atoms with Gasteiger partial charge in [0.15, 0.2) is 0 Å². The number of aromatic nitrogens is 4. The molecule has 1 atom stereocenters. The first-order valence-electron chi connectivity index (χ1n) is 18.8. The summed E-state index contributed by atoms with van der Waals surface area (Å²) >= 11 is 0. The maximum absolute atomic E-state index is 6.05. The van der Waals surface area contributed by atoms with Gasteiger partial charge in [-0.3, -0.25) is 5.16 Å². The second kappa shape index (κ2) is 18.5. The van der Waals surface area contributed by atoms with Gasteiger partial charge in [-0.2, -0.15) is 9.06 Å². The Bertz CT molecular complexity index is 2600. The van der Waals surface area contributed by atoms with E-state index in [1.165, 1.54) is 11.1 Å². The van der Waals surface area contributed by atoms with E-state index in [-0.39, 0.29) is 23.5 Å². The van der Waals surface area contributed by atoms with Crippen LogP contribution in [-0.2, 0) is 5.41 Å². The van der Waals surface area contributed by atoms with Crippen LogP contribution in [0.3, 0.4) is 0 Å². The largest absolute Gasteiger partial charge is 0.416 e. The predicted molar refractivity (Wildman–Crippen MR) is 236 cm³/mol. The van der Waals surface area contributed by atoms with E-state index in [1.807, 2.05) is 91.0 Å². The van der Waals surface area contributed by atoms with E-state index in [0.717, 1.165) is 49.4 Å². The van der Waals surface area contributed by atoms with Crippen molar-refractivity contribution in [1.29, 1.82) is 7.72 Å². The van der Waals surface area contributed by atoms with Gasteiger partial charge in [-0.05, 0) is 89.0 Å². The van der Waals surface area contributed by atoms with Crippen molar-refractivity contribution in [2.45, 2.75) is 26.2 Å². The molecule has 0 bridgehead atoms. The van der Waals surface area contributed by atoms with Gasteiger partial charge in [-0.25, -0.2) is 0 Å². The van der Waals surface area contributed by atoms with Crippen LogP contribution in [0.4, 0.5) is 0 Å². The summed E-state index contributed by atoms with van der Waals surface area (Å²) in [7, 11) is 4.29. The smallest absolute Gasteiger partial charge is 0.248 e. The maximum Gasteiger partial charge on any atom is 0.248 e. The van der Waals surface area contributed by atoms with Gasteiger partial charge in [-0.1, -0.05) is 148 Å². The van der Waals surface area contributed by atoms with Crippen molar-refractivity contribution in [2.24, 2.45) is 0 Å². The Labute approximate surface area is 335 Å². The molecule has 7 aromatic carbocycles. The lowest BCUT2D eigenvalue weighted by Gasteiger charge is -2.18. The number of fused-ring (bicyclic) bond motifs is 2. The third-order valence-electron chi connectivity index (χ3n) is 9.13. The van der Waals surface area contributed by atoms with E-state index in [9.17, 15) is 0 Å².